The molecule has 3 nitrogen and oxygen atoms in total. The average Bonchev–Trinajstić information content (AvgIpc) is 3.01. The van der Waals surface area contributed by atoms with Crippen LogP contribution in [0.1, 0.15) is 27.0 Å². The van der Waals surface area contributed by atoms with E-state index in [1.165, 1.54) is 0 Å². The van der Waals surface area contributed by atoms with Crippen LogP contribution < -0.4 is 5.32 Å². The summed E-state index contributed by atoms with van der Waals surface area (Å²) in [6.45, 7) is 0.524. The van der Waals surface area contributed by atoms with Crippen LogP contribution in [0.25, 0.3) is 0 Å². The van der Waals surface area contributed by atoms with E-state index in [2.05, 4.69) is 17.4 Å². The molecule has 0 atom stereocenters. The molecule has 0 aliphatic carbocycles. The quantitative estimate of drug-likeness (QED) is 0.268. The maximum absolute atomic E-state index is 12.9. The molecular weight excluding hydrogens is 483 g/mol. The van der Waals surface area contributed by atoms with Crippen molar-refractivity contribution in [2.24, 2.45) is 4.99 Å². The van der Waals surface area contributed by atoms with Gasteiger partial charge in [-0.15, -0.1) is 0 Å². The van der Waals surface area contributed by atoms with E-state index in [9.17, 15) is 4.79 Å². The summed E-state index contributed by atoms with van der Waals surface area (Å²) in [7, 11) is 0. The number of hydrogen-bond acceptors (Lipinski definition) is 3. The molecule has 0 unspecified atom stereocenters. The molecule has 1 amide bonds. The lowest BCUT2D eigenvalue weighted by Crippen LogP contribution is -2.25. The molecule has 0 spiro atoms. The van der Waals surface area contributed by atoms with Crippen molar-refractivity contribution in [2.75, 3.05) is 6.54 Å². The van der Waals surface area contributed by atoms with Gasteiger partial charge in [0.15, 0.2) is 0 Å². The Morgan fingerprint density at radius 2 is 1.65 bits per heavy atom. The third-order valence-electron chi connectivity index (χ3n) is 5.52. The first-order chi connectivity index (χ1) is 16.6. The second-order valence-corrected chi connectivity index (χ2v) is 9.84. The molecule has 0 fully saturated rings. The lowest BCUT2D eigenvalue weighted by Gasteiger charge is -2.09. The standard InChI is InChI=1S/C28H20Cl2N2OS/c29-21-11-8-19(9-12-21)27-23-6-1-2-7-25(23)34-26-13-10-20(17-24(26)32-27)28(33)31-15-14-18-4-3-5-22(30)16-18/h1-13,16-17H,14-15H2,(H,31,33). The van der Waals surface area contributed by atoms with Crippen LogP contribution in [0, 0.1) is 0 Å². The third-order valence-corrected chi connectivity index (χ3v) is 7.15. The largest absolute Gasteiger partial charge is 0.352 e. The van der Waals surface area contributed by atoms with Crippen LogP contribution in [0.5, 0.6) is 0 Å². The number of amides is 1. The molecule has 0 saturated carbocycles. The van der Waals surface area contributed by atoms with Gasteiger partial charge in [0.25, 0.3) is 5.91 Å². The van der Waals surface area contributed by atoms with E-state index in [0.29, 0.717) is 28.6 Å². The molecular formula is C28H20Cl2N2OS. The SMILES string of the molecule is O=C(NCCc1cccc(Cl)c1)c1ccc2c(c1)N=C(c1ccc(Cl)cc1)c1ccccc1S2. The highest BCUT2D eigenvalue weighted by Crippen LogP contribution is 2.41. The molecule has 5 rings (SSSR count). The van der Waals surface area contributed by atoms with Gasteiger partial charge in [0.05, 0.1) is 11.4 Å². The van der Waals surface area contributed by atoms with E-state index in [-0.39, 0.29) is 5.91 Å². The Kier molecular flexibility index (Phi) is 6.73. The Hall–Kier alpha value is -3.05. The fourth-order valence-corrected chi connectivity index (χ4v) is 5.17. The molecule has 0 saturated heterocycles. The number of carbonyl (C=O) groups excluding carboxylic acids is 1. The van der Waals surface area contributed by atoms with Gasteiger partial charge in [-0.1, -0.05) is 77.4 Å². The molecule has 1 aliphatic rings. The van der Waals surface area contributed by atoms with Crippen LogP contribution in [0.3, 0.4) is 0 Å². The number of fused-ring (bicyclic) bond motifs is 2. The maximum atomic E-state index is 12.9. The number of halogens is 2. The average molecular weight is 503 g/mol. The van der Waals surface area contributed by atoms with Crippen molar-refractivity contribution in [3.8, 4) is 0 Å². The molecule has 4 aromatic carbocycles. The summed E-state index contributed by atoms with van der Waals surface area (Å²) < 4.78 is 0. The minimum atomic E-state index is -0.125. The summed E-state index contributed by atoms with van der Waals surface area (Å²) in [4.78, 5) is 20.0. The van der Waals surface area contributed by atoms with E-state index in [0.717, 1.165) is 37.9 Å². The lowest BCUT2D eigenvalue weighted by molar-refractivity contribution is 0.0954. The van der Waals surface area contributed by atoms with E-state index in [1.54, 1.807) is 11.8 Å². The highest BCUT2D eigenvalue weighted by atomic mass is 35.5. The molecule has 34 heavy (non-hydrogen) atoms. The molecule has 0 radical (unpaired) electrons. The van der Waals surface area contributed by atoms with Gasteiger partial charge in [-0.3, -0.25) is 4.79 Å². The van der Waals surface area contributed by atoms with Crippen LogP contribution in [-0.2, 0) is 6.42 Å². The van der Waals surface area contributed by atoms with Gasteiger partial charge in [0, 0.05) is 43.1 Å². The van der Waals surface area contributed by atoms with Crippen molar-refractivity contribution in [2.45, 2.75) is 16.2 Å². The first-order valence-electron chi connectivity index (χ1n) is 10.9. The van der Waals surface area contributed by atoms with E-state index in [1.807, 2.05) is 78.9 Å². The smallest absolute Gasteiger partial charge is 0.251 e. The summed E-state index contributed by atoms with van der Waals surface area (Å²) in [6, 6.07) is 29.2. The fraction of sp³-hybridized carbons (Fsp3) is 0.0714. The van der Waals surface area contributed by atoms with Crippen molar-refractivity contribution in [3.63, 3.8) is 0 Å². The van der Waals surface area contributed by atoms with Gasteiger partial charge in [0.1, 0.15) is 0 Å². The first-order valence-corrected chi connectivity index (χ1v) is 12.4. The third kappa shape index (κ3) is 5.05. The van der Waals surface area contributed by atoms with E-state index in [4.69, 9.17) is 28.2 Å². The van der Waals surface area contributed by atoms with E-state index >= 15 is 0 Å². The summed E-state index contributed by atoms with van der Waals surface area (Å²) >= 11 is 13.8. The Bertz CT molecular complexity index is 1400. The summed E-state index contributed by atoms with van der Waals surface area (Å²) in [5, 5.41) is 4.38. The van der Waals surface area contributed by atoms with Crippen molar-refractivity contribution < 1.29 is 4.79 Å². The zero-order valence-corrected chi connectivity index (χ0v) is 20.4. The normalized spacial score (nSPS) is 12.2. The monoisotopic (exact) mass is 502 g/mol. The number of hydrogen-bond donors (Lipinski definition) is 1. The highest BCUT2D eigenvalue weighted by molar-refractivity contribution is 7.99. The van der Waals surface area contributed by atoms with Crippen LogP contribution in [0.2, 0.25) is 10.0 Å². The number of carbonyl (C=O) groups is 1. The van der Waals surface area contributed by atoms with Crippen molar-refractivity contribution >= 4 is 52.3 Å². The van der Waals surface area contributed by atoms with Crippen molar-refractivity contribution in [3.05, 3.63) is 123 Å². The van der Waals surface area contributed by atoms with Crippen LogP contribution >= 0.6 is 35.0 Å². The van der Waals surface area contributed by atoms with Gasteiger partial charge in [0.2, 0.25) is 0 Å². The Morgan fingerprint density at radius 1 is 0.824 bits per heavy atom. The zero-order valence-electron chi connectivity index (χ0n) is 18.1. The van der Waals surface area contributed by atoms with Crippen LogP contribution in [0.15, 0.2) is 106 Å². The highest BCUT2D eigenvalue weighted by Gasteiger charge is 2.20. The molecule has 1 heterocycles. The molecule has 0 bridgehead atoms. The van der Waals surface area contributed by atoms with Gasteiger partial charge >= 0.3 is 0 Å². The lowest BCUT2D eigenvalue weighted by atomic mass is 10.0. The molecule has 1 N–H and O–H groups in total. The minimum Gasteiger partial charge on any atom is -0.352 e. The number of rotatable bonds is 5. The van der Waals surface area contributed by atoms with Crippen molar-refractivity contribution in [1.29, 1.82) is 0 Å². The number of nitrogens with one attached hydrogen (secondary N) is 1. The summed E-state index contributed by atoms with van der Waals surface area (Å²) in [6.07, 6.45) is 0.710. The number of nitrogens with zero attached hydrogens (tertiary/aromatic N) is 1. The topological polar surface area (TPSA) is 41.5 Å². The fourth-order valence-electron chi connectivity index (χ4n) is 3.83. The molecule has 6 heteroatoms. The Labute approximate surface area is 212 Å². The van der Waals surface area contributed by atoms with Gasteiger partial charge in [-0.2, -0.15) is 0 Å². The van der Waals surface area contributed by atoms with Crippen LogP contribution in [-0.4, -0.2) is 18.2 Å². The van der Waals surface area contributed by atoms with Gasteiger partial charge in [-0.05, 0) is 60.5 Å². The maximum Gasteiger partial charge on any atom is 0.251 e. The molecule has 0 aromatic heterocycles. The Balaban J connectivity index is 1.43. The van der Waals surface area contributed by atoms with Gasteiger partial charge in [-0.25, -0.2) is 4.99 Å². The van der Waals surface area contributed by atoms with E-state index < -0.39 is 0 Å². The van der Waals surface area contributed by atoms with Crippen LogP contribution in [0.4, 0.5) is 5.69 Å². The molecule has 1 aliphatic heterocycles. The molecule has 4 aromatic rings. The Morgan fingerprint density at radius 3 is 2.47 bits per heavy atom. The predicted octanol–water partition coefficient (Wildman–Crippen LogP) is 7.60. The summed E-state index contributed by atoms with van der Waals surface area (Å²) in [5.41, 5.74) is 5.32. The zero-order chi connectivity index (χ0) is 23.5. The second kappa shape index (κ2) is 10.1. The minimum absolute atomic E-state index is 0.125. The predicted molar refractivity (Wildman–Crippen MR) is 141 cm³/mol. The molecule has 168 valence electrons. The summed E-state index contributed by atoms with van der Waals surface area (Å²) in [5.74, 6) is -0.125. The first kappa shape index (κ1) is 22.7. The second-order valence-electron chi connectivity index (χ2n) is 7.88. The van der Waals surface area contributed by atoms with Gasteiger partial charge < -0.3 is 5.32 Å². The number of aliphatic imine (C=N–C) groups is 1. The van der Waals surface area contributed by atoms with Crippen molar-refractivity contribution in [1.82, 2.24) is 5.32 Å². The number of benzene rings is 4.